The van der Waals surface area contributed by atoms with Crippen LogP contribution in [-0.4, -0.2) is 31.3 Å². The molecule has 0 rings (SSSR count). The van der Waals surface area contributed by atoms with Gasteiger partial charge in [-0.25, -0.2) is 4.79 Å². The van der Waals surface area contributed by atoms with Crippen LogP contribution in [0, 0.1) is 0 Å². The van der Waals surface area contributed by atoms with Crippen molar-refractivity contribution in [3.05, 3.63) is 12.7 Å². The van der Waals surface area contributed by atoms with Gasteiger partial charge in [-0.3, -0.25) is 4.55 Å². The minimum Gasteiger partial charge on any atom is -0.463 e. The normalized spacial score (nSPS) is 9.92. The van der Waals surface area contributed by atoms with E-state index in [0.29, 0.717) is 0 Å². The summed E-state index contributed by atoms with van der Waals surface area (Å²) in [4.78, 5) is 10.4. The fourth-order valence-electron chi connectivity index (χ4n) is 0.473. The standard InChI is InChI=1S/C6H10O5S.K/c1-2-6(7)11-4-3-5-12(8,9)10;/h2H,1,3-5H2,(H,8,9,10);/q;+1. The molecule has 0 bridgehead atoms. The zero-order chi connectivity index (χ0) is 9.61. The Morgan fingerprint density at radius 3 is 2.46 bits per heavy atom. The Morgan fingerprint density at radius 2 is 2.08 bits per heavy atom. The van der Waals surface area contributed by atoms with Gasteiger partial charge in [-0.2, -0.15) is 8.42 Å². The SMILES string of the molecule is C=CC(=O)OCCCS(=O)(=O)O.[K+]. The molecular formula is C6H10KO5S+. The molecule has 70 valence electrons. The van der Waals surface area contributed by atoms with Crippen molar-refractivity contribution in [1.29, 1.82) is 0 Å². The molecular weight excluding hydrogens is 223 g/mol. The second-order valence-electron chi connectivity index (χ2n) is 2.01. The Bertz CT molecular complexity index is 258. The summed E-state index contributed by atoms with van der Waals surface area (Å²) in [7, 11) is -3.95. The Hall–Kier alpha value is 0.756. The van der Waals surface area contributed by atoms with E-state index in [4.69, 9.17) is 4.55 Å². The summed E-state index contributed by atoms with van der Waals surface area (Å²) in [5, 5.41) is 0. The summed E-state index contributed by atoms with van der Waals surface area (Å²) in [6.07, 6.45) is 1.06. The van der Waals surface area contributed by atoms with Gasteiger partial charge in [0.25, 0.3) is 10.1 Å². The molecule has 0 saturated heterocycles. The largest absolute Gasteiger partial charge is 1.00 e. The Balaban J connectivity index is 0. The second-order valence-corrected chi connectivity index (χ2v) is 3.58. The molecule has 0 aliphatic rings. The molecule has 7 heteroatoms. The molecule has 0 unspecified atom stereocenters. The van der Waals surface area contributed by atoms with E-state index in [9.17, 15) is 13.2 Å². The molecule has 0 aliphatic heterocycles. The number of hydrogen-bond acceptors (Lipinski definition) is 4. The van der Waals surface area contributed by atoms with Crippen LogP contribution in [0.3, 0.4) is 0 Å². The second kappa shape index (κ2) is 8.10. The molecule has 0 heterocycles. The molecule has 0 aromatic rings. The van der Waals surface area contributed by atoms with Gasteiger partial charge < -0.3 is 4.74 Å². The number of carbonyl (C=O) groups excluding carboxylic acids is 1. The fraction of sp³-hybridized carbons (Fsp3) is 0.500. The van der Waals surface area contributed by atoms with E-state index in [1.165, 1.54) is 0 Å². The Labute approximate surface area is 120 Å². The fourth-order valence-corrected chi connectivity index (χ4v) is 0.956. The number of esters is 1. The monoisotopic (exact) mass is 233 g/mol. The average Bonchev–Trinajstić information content (AvgIpc) is 1.96. The smallest absolute Gasteiger partial charge is 0.463 e. The van der Waals surface area contributed by atoms with Gasteiger partial charge in [0.2, 0.25) is 0 Å². The zero-order valence-corrected chi connectivity index (χ0v) is 11.3. The molecule has 0 aromatic heterocycles. The maximum atomic E-state index is 10.4. The maximum Gasteiger partial charge on any atom is 1.00 e. The van der Waals surface area contributed by atoms with Crippen LogP contribution in [0.5, 0.6) is 0 Å². The molecule has 0 fully saturated rings. The number of carbonyl (C=O) groups is 1. The minimum atomic E-state index is -3.95. The predicted molar refractivity (Wildman–Crippen MR) is 42.2 cm³/mol. The van der Waals surface area contributed by atoms with Crippen molar-refractivity contribution in [1.82, 2.24) is 0 Å². The van der Waals surface area contributed by atoms with Crippen molar-refractivity contribution >= 4 is 16.1 Å². The van der Waals surface area contributed by atoms with E-state index in [1.54, 1.807) is 0 Å². The van der Waals surface area contributed by atoms with Crippen LogP contribution in [0.2, 0.25) is 0 Å². The number of hydrogen-bond donors (Lipinski definition) is 1. The molecule has 0 saturated carbocycles. The zero-order valence-electron chi connectivity index (χ0n) is 7.39. The van der Waals surface area contributed by atoms with Crippen LogP contribution in [0.4, 0.5) is 0 Å². The molecule has 0 aromatic carbocycles. The van der Waals surface area contributed by atoms with E-state index in [2.05, 4.69) is 11.3 Å². The Morgan fingerprint density at radius 1 is 1.54 bits per heavy atom. The van der Waals surface area contributed by atoms with Crippen LogP contribution in [0.25, 0.3) is 0 Å². The molecule has 1 N–H and O–H groups in total. The summed E-state index contributed by atoms with van der Waals surface area (Å²) in [5.41, 5.74) is 0. The molecule has 5 nitrogen and oxygen atoms in total. The third-order valence-corrected chi connectivity index (χ3v) is 1.76. The first-order chi connectivity index (χ1) is 5.45. The maximum absolute atomic E-state index is 10.4. The van der Waals surface area contributed by atoms with Gasteiger partial charge in [0, 0.05) is 6.08 Å². The van der Waals surface area contributed by atoms with Crippen molar-refractivity contribution in [2.45, 2.75) is 6.42 Å². The van der Waals surface area contributed by atoms with Crippen LogP contribution in [0.15, 0.2) is 12.7 Å². The van der Waals surface area contributed by atoms with Crippen molar-refractivity contribution in [3.63, 3.8) is 0 Å². The minimum absolute atomic E-state index is 0. The number of rotatable bonds is 5. The van der Waals surface area contributed by atoms with Gasteiger partial charge in [-0.05, 0) is 6.42 Å². The van der Waals surface area contributed by atoms with Gasteiger partial charge >= 0.3 is 57.4 Å². The van der Waals surface area contributed by atoms with Gasteiger partial charge in [-0.15, -0.1) is 0 Å². The third kappa shape index (κ3) is 12.8. The van der Waals surface area contributed by atoms with Crippen LogP contribution in [-0.2, 0) is 19.6 Å². The Kier molecular flexibility index (Phi) is 10.1. The van der Waals surface area contributed by atoms with E-state index in [-0.39, 0.29) is 64.4 Å². The quantitative estimate of drug-likeness (QED) is 0.180. The van der Waals surface area contributed by atoms with Crippen LogP contribution >= 0.6 is 0 Å². The molecule has 0 atom stereocenters. The number of ether oxygens (including phenoxy) is 1. The molecule has 13 heavy (non-hydrogen) atoms. The van der Waals surface area contributed by atoms with Crippen molar-refractivity contribution < 1.29 is 73.9 Å². The van der Waals surface area contributed by atoms with Gasteiger partial charge in [0.05, 0.1) is 12.4 Å². The molecule has 0 radical (unpaired) electrons. The van der Waals surface area contributed by atoms with Crippen LogP contribution in [0.1, 0.15) is 6.42 Å². The summed E-state index contributed by atoms with van der Waals surface area (Å²) in [6, 6.07) is 0. The van der Waals surface area contributed by atoms with Gasteiger partial charge in [-0.1, -0.05) is 6.58 Å². The van der Waals surface area contributed by atoms with Crippen LogP contribution < -0.4 is 51.4 Å². The van der Waals surface area contributed by atoms with E-state index in [0.717, 1.165) is 6.08 Å². The predicted octanol–water partition coefficient (Wildman–Crippen LogP) is -3.00. The summed E-state index contributed by atoms with van der Waals surface area (Å²) in [5.74, 6) is -1.01. The van der Waals surface area contributed by atoms with Gasteiger partial charge in [0.15, 0.2) is 0 Å². The van der Waals surface area contributed by atoms with E-state index in [1.807, 2.05) is 0 Å². The molecule has 0 aliphatic carbocycles. The summed E-state index contributed by atoms with van der Waals surface area (Å²) >= 11 is 0. The van der Waals surface area contributed by atoms with Crippen molar-refractivity contribution in [2.24, 2.45) is 0 Å². The average molecular weight is 233 g/mol. The summed E-state index contributed by atoms with van der Waals surface area (Å²) in [6.45, 7) is 3.11. The van der Waals surface area contributed by atoms with Crippen molar-refractivity contribution in [3.8, 4) is 0 Å². The van der Waals surface area contributed by atoms with Crippen molar-refractivity contribution in [2.75, 3.05) is 12.4 Å². The molecule has 0 spiro atoms. The third-order valence-electron chi connectivity index (χ3n) is 0.958. The molecule has 0 amide bonds. The first kappa shape index (κ1) is 16.2. The van der Waals surface area contributed by atoms with E-state index < -0.39 is 21.8 Å². The van der Waals surface area contributed by atoms with Gasteiger partial charge in [0.1, 0.15) is 0 Å². The first-order valence-electron chi connectivity index (χ1n) is 3.20. The van der Waals surface area contributed by atoms with E-state index >= 15 is 0 Å². The topological polar surface area (TPSA) is 80.7 Å². The first-order valence-corrected chi connectivity index (χ1v) is 4.81. The summed E-state index contributed by atoms with van der Waals surface area (Å²) < 4.78 is 33.0.